The summed E-state index contributed by atoms with van der Waals surface area (Å²) in [6.45, 7) is 2.28. The quantitative estimate of drug-likeness (QED) is 0.474. The van der Waals surface area contributed by atoms with Gasteiger partial charge in [-0.25, -0.2) is 9.18 Å². The summed E-state index contributed by atoms with van der Waals surface area (Å²) < 4.78 is 18.7. The van der Waals surface area contributed by atoms with E-state index in [-0.39, 0.29) is 16.4 Å². The highest BCUT2D eigenvalue weighted by Gasteiger charge is 2.34. The average molecular weight is 292 g/mol. The van der Waals surface area contributed by atoms with Gasteiger partial charge in [-0.3, -0.25) is 0 Å². The van der Waals surface area contributed by atoms with Crippen LogP contribution in [0.2, 0.25) is 6.82 Å². The Hall–Kier alpha value is -1.23. The van der Waals surface area contributed by atoms with Crippen molar-refractivity contribution in [1.82, 2.24) is 0 Å². The lowest BCUT2D eigenvalue weighted by molar-refractivity contribution is -0.137. The van der Waals surface area contributed by atoms with Crippen LogP contribution in [0.3, 0.4) is 0 Å². The Kier molecular flexibility index (Phi) is 5.71. The number of ether oxygens (including phenoxy) is 1. The number of hydrogen-bond donors (Lipinski definition) is 0. The first-order valence-electron chi connectivity index (χ1n) is 6.88. The van der Waals surface area contributed by atoms with Crippen LogP contribution in [-0.2, 0) is 9.53 Å². The van der Waals surface area contributed by atoms with Gasteiger partial charge in [-0.15, -0.1) is 0 Å². The molecule has 1 aliphatic rings. The first-order chi connectivity index (χ1) is 9.69. The van der Waals surface area contributed by atoms with Gasteiger partial charge in [0.15, 0.2) is 0 Å². The van der Waals surface area contributed by atoms with Gasteiger partial charge < -0.3 is 4.74 Å². The van der Waals surface area contributed by atoms with E-state index in [4.69, 9.17) is 4.74 Å². The van der Waals surface area contributed by atoms with E-state index in [9.17, 15) is 9.18 Å². The molecule has 0 amide bonds. The molecule has 2 nitrogen and oxygen atoms in total. The van der Waals surface area contributed by atoms with Gasteiger partial charge in [-0.05, 0) is 18.1 Å². The van der Waals surface area contributed by atoms with E-state index >= 15 is 0 Å². The Morgan fingerprint density at radius 3 is 2.90 bits per heavy atom. The first kappa shape index (κ1) is 15.2. The molecule has 5 heteroatoms. The number of rotatable bonds is 5. The predicted molar refractivity (Wildman–Crippen MR) is 84.1 cm³/mol. The van der Waals surface area contributed by atoms with Gasteiger partial charge in [-0.2, -0.15) is 11.8 Å². The van der Waals surface area contributed by atoms with Gasteiger partial charge in [0.2, 0.25) is 0 Å². The second-order valence-electron chi connectivity index (χ2n) is 4.83. The third-order valence-electron chi connectivity index (χ3n) is 3.28. The SMILES string of the molecule is CB[C@H]1S[C@H](COC(=O)/C=C/c2ccccc2)C[C@@H]1F. The van der Waals surface area contributed by atoms with Crippen LogP contribution in [0.25, 0.3) is 6.08 Å². The predicted octanol–water partition coefficient (Wildman–Crippen LogP) is 2.90. The molecule has 0 bridgehead atoms. The lowest BCUT2D eigenvalue weighted by atomic mass is 9.75. The summed E-state index contributed by atoms with van der Waals surface area (Å²) in [5.41, 5.74) is 0.953. The summed E-state index contributed by atoms with van der Waals surface area (Å²) in [5, 5.41) is 0.141. The smallest absolute Gasteiger partial charge is 0.330 e. The molecule has 0 saturated carbocycles. The van der Waals surface area contributed by atoms with Gasteiger partial charge in [0.1, 0.15) is 20.1 Å². The molecule has 0 aliphatic carbocycles. The third-order valence-corrected chi connectivity index (χ3v) is 4.98. The van der Waals surface area contributed by atoms with Crippen LogP contribution in [0.4, 0.5) is 4.39 Å². The molecule has 1 heterocycles. The fourth-order valence-corrected chi connectivity index (χ4v) is 3.61. The van der Waals surface area contributed by atoms with Crippen molar-refractivity contribution in [2.45, 2.75) is 29.8 Å². The van der Waals surface area contributed by atoms with Crippen molar-refractivity contribution >= 4 is 31.1 Å². The molecule has 0 spiro atoms. The van der Waals surface area contributed by atoms with Crippen LogP contribution in [0.15, 0.2) is 36.4 Å². The Morgan fingerprint density at radius 2 is 2.25 bits per heavy atom. The number of carbonyl (C=O) groups excluding carboxylic acids is 1. The number of benzene rings is 1. The maximum Gasteiger partial charge on any atom is 0.330 e. The summed E-state index contributed by atoms with van der Waals surface area (Å²) in [7, 11) is 0.824. The second kappa shape index (κ2) is 7.53. The van der Waals surface area contributed by atoms with Crippen molar-refractivity contribution in [3.8, 4) is 0 Å². The molecule has 2 rings (SSSR count). The summed E-state index contributed by atoms with van der Waals surface area (Å²) in [4.78, 5) is 11.6. The van der Waals surface area contributed by atoms with E-state index in [2.05, 4.69) is 0 Å². The molecule has 106 valence electrons. The fraction of sp³-hybridized carbons (Fsp3) is 0.400. The number of hydrogen-bond acceptors (Lipinski definition) is 3. The molecule has 20 heavy (non-hydrogen) atoms. The second-order valence-corrected chi connectivity index (χ2v) is 6.37. The van der Waals surface area contributed by atoms with Crippen LogP contribution >= 0.6 is 11.8 Å². The zero-order chi connectivity index (χ0) is 14.4. The van der Waals surface area contributed by atoms with Crippen molar-refractivity contribution in [2.75, 3.05) is 6.61 Å². The highest BCUT2D eigenvalue weighted by atomic mass is 32.2. The van der Waals surface area contributed by atoms with Crippen LogP contribution < -0.4 is 0 Å². The summed E-state index contributed by atoms with van der Waals surface area (Å²) in [6, 6.07) is 9.57. The molecular weight excluding hydrogens is 274 g/mol. The standard InChI is InChI=1S/C15H18BFO2S/c1-16-15-13(17)9-12(20-15)10-19-14(18)8-7-11-5-3-2-4-6-11/h2-8,12-13,15-16H,9-10H2,1H3/b8-7+/t12-,13-,15-/m0/s1. The molecule has 1 aromatic carbocycles. The molecule has 1 aliphatic heterocycles. The molecule has 0 aromatic heterocycles. The molecule has 0 radical (unpaired) electrons. The van der Waals surface area contributed by atoms with E-state index in [1.807, 2.05) is 37.2 Å². The highest BCUT2D eigenvalue weighted by Crippen LogP contribution is 2.35. The zero-order valence-electron chi connectivity index (χ0n) is 11.5. The average Bonchev–Trinajstić information content (AvgIpc) is 2.84. The van der Waals surface area contributed by atoms with E-state index in [0.29, 0.717) is 13.0 Å². The number of thioether (sulfide) groups is 1. The molecule has 1 saturated heterocycles. The zero-order valence-corrected chi connectivity index (χ0v) is 12.3. The number of esters is 1. The molecule has 0 unspecified atom stereocenters. The minimum absolute atomic E-state index is 0.0542. The number of halogens is 1. The first-order valence-corrected chi connectivity index (χ1v) is 7.82. The lowest BCUT2D eigenvalue weighted by Crippen LogP contribution is -2.17. The Morgan fingerprint density at radius 1 is 1.50 bits per heavy atom. The van der Waals surface area contributed by atoms with Crippen molar-refractivity contribution in [2.24, 2.45) is 0 Å². The summed E-state index contributed by atoms with van der Waals surface area (Å²) >= 11 is 1.60. The highest BCUT2D eigenvalue weighted by molar-refractivity contribution is 8.02. The van der Waals surface area contributed by atoms with E-state index < -0.39 is 6.17 Å². The maximum absolute atomic E-state index is 13.6. The van der Waals surface area contributed by atoms with Crippen LogP contribution in [0.5, 0.6) is 0 Å². The fourth-order valence-electron chi connectivity index (χ4n) is 2.20. The van der Waals surface area contributed by atoms with Gasteiger partial charge in [0.25, 0.3) is 0 Å². The van der Waals surface area contributed by atoms with Crippen LogP contribution in [0, 0.1) is 0 Å². The van der Waals surface area contributed by atoms with Crippen molar-refractivity contribution in [3.63, 3.8) is 0 Å². The van der Waals surface area contributed by atoms with E-state index in [0.717, 1.165) is 12.8 Å². The molecule has 1 fully saturated rings. The minimum Gasteiger partial charge on any atom is -0.461 e. The topological polar surface area (TPSA) is 26.3 Å². The van der Waals surface area contributed by atoms with Crippen LogP contribution in [-0.4, -0.2) is 36.4 Å². The van der Waals surface area contributed by atoms with Crippen molar-refractivity contribution in [3.05, 3.63) is 42.0 Å². The van der Waals surface area contributed by atoms with Gasteiger partial charge >= 0.3 is 5.97 Å². The third kappa shape index (κ3) is 4.41. The number of carbonyl (C=O) groups is 1. The Balaban J connectivity index is 1.75. The van der Waals surface area contributed by atoms with E-state index in [1.54, 1.807) is 17.8 Å². The normalized spacial score (nSPS) is 25.8. The Labute approximate surface area is 124 Å². The maximum atomic E-state index is 13.6. The Bertz CT molecular complexity index is 466. The summed E-state index contributed by atoms with van der Waals surface area (Å²) in [5.74, 6) is -0.371. The monoisotopic (exact) mass is 292 g/mol. The van der Waals surface area contributed by atoms with Crippen LogP contribution in [0.1, 0.15) is 12.0 Å². The number of alkyl halides is 1. The van der Waals surface area contributed by atoms with Gasteiger partial charge in [0, 0.05) is 16.5 Å². The lowest BCUT2D eigenvalue weighted by Gasteiger charge is -2.09. The van der Waals surface area contributed by atoms with Gasteiger partial charge in [-0.1, -0.05) is 37.2 Å². The molecular formula is C15H18BFO2S. The molecule has 3 atom stereocenters. The summed E-state index contributed by atoms with van der Waals surface area (Å²) in [6.07, 6.45) is 2.85. The van der Waals surface area contributed by atoms with Crippen molar-refractivity contribution in [1.29, 1.82) is 0 Å². The van der Waals surface area contributed by atoms with Gasteiger partial charge in [0.05, 0.1) is 0 Å². The van der Waals surface area contributed by atoms with Crippen molar-refractivity contribution < 1.29 is 13.9 Å². The molecule has 0 N–H and O–H groups in total. The molecule has 1 aromatic rings. The largest absolute Gasteiger partial charge is 0.461 e. The minimum atomic E-state index is -0.770. The van der Waals surface area contributed by atoms with E-state index in [1.165, 1.54) is 6.08 Å².